The molecule has 2 fully saturated rings. The molecule has 1 heterocycles. The molecule has 0 amide bonds. The standard InChI is InChI=1S/C19H29NO/c1-14(2)12-19(3)13-20-17-11-16(9-10-18(17)21-19)15-7-5-4-6-8-15/h4-8,14,16-18,20H,9-13H2,1-3H3. The van der Waals surface area contributed by atoms with Gasteiger partial charge >= 0.3 is 0 Å². The van der Waals surface area contributed by atoms with Crippen LogP contribution in [-0.4, -0.2) is 24.3 Å². The van der Waals surface area contributed by atoms with Gasteiger partial charge in [0, 0.05) is 12.6 Å². The van der Waals surface area contributed by atoms with Crippen LogP contribution < -0.4 is 5.32 Å². The van der Waals surface area contributed by atoms with E-state index in [1.54, 1.807) is 0 Å². The molecule has 0 bridgehead atoms. The van der Waals surface area contributed by atoms with Gasteiger partial charge in [0.15, 0.2) is 0 Å². The summed E-state index contributed by atoms with van der Waals surface area (Å²) in [6, 6.07) is 11.5. The molecule has 116 valence electrons. The van der Waals surface area contributed by atoms with Crippen LogP contribution in [0.2, 0.25) is 0 Å². The van der Waals surface area contributed by atoms with Gasteiger partial charge in [-0.05, 0) is 50.0 Å². The van der Waals surface area contributed by atoms with Crippen LogP contribution in [0.15, 0.2) is 30.3 Å². The lowest BCUT2D eigenvalue weighted by atomic mass is 9.78. The summed E-state index contributed by atoms with van der Waals surface area (Å²) in [5.74, 6) is 1.38. The summed E-state index contributed by atoms with van der Waals surface area (Å²) in [4.78, 5) is 0. The van der Waals surface area contributed by atoms with Crippen LogP contribution >= 0.6 is 0 Å². The number of nitrogens with one attached hydrogen (secondary N) is 1. The first-order valence-electron chi connectivity index (χ1n) is 8.52. The van der Waals surface area contributed by atoms with E-state index in [-0.39, 0.29) is 5.60 Å². The Balaban J connectivity index is 1.63. The Morgan fingerprint density at radius 3 is 2.71 bits per heavy atom. The van der Waals surface area contributed by atoms with Crippen molar-refractivity contribution < 1.29 is 4.74 Å². The fourth-order valence-electron chi connectivity index (χ4n) is 4.26. The van der Waals surface area contributed by atoms with Crippen molar-refractivity contribution in [3.63, 3.8) is 0 Å². The average Bonchev–Trinajstić information content (AvgIpc) is 2.46. The van der Waals surface area contributed by atoms with Gasteiger partial charge in [0.2, 0.25) is 0 Å². The van der Waals surface area contributed by atoms with Crippen molar-refractivity contribution in [1.82, 2.24) is 5.32 Å². The van der Waals surface area contributed by atoms with Crippen molar-refractivity contribution in [2.75, 3.05) is 6.54 Å². The summed E-state index contributed by atoms with van der Waals surface area (Å²) in [5.41, 5.74) is 1.52. The predicted octanol–water partition coefficient (Wildman–Crippen LogP) is 4.12. The van der Waals surface area contributed by atoms with E-state index in [0.29, 0.717) is 24.0 Å². The van der Waals surface area contributed by atoms with Crippen molar-refractivity contribution in [2.24, 2.45) is 5.92 Å². The molecule has 1 aromatic carbocycles. The highest BCUT2D eigenvalue weighted by Gasteiger charge is 2.41. The maximum absolute atomic E-state index is 6.51. The molecule has 0 aromatic heterocycles. The van der Waals surface area contributed by atoms with E-state index >= 15 is 0 Å². The molecule has 1 aliphatic heterocycles. The van der Waals surface area contributed by atoms with E-state index in [1.165, 1.54) is 24.8 Å². The molecular formula is C19H29NO. The van der Waals surface area contributed by atoms with E-state index < -0.39 is 0 Å². The highest BCUT2D eigenvalue weighted by atomic mass is 16.5. The number of hydrogen-bond donors (Lipinski definition) is 1. The smallest absolute Gasteiger partial charge is 0.0785 e. The summed E-state index contributed by atoms with van der Waals surface area (Å²) in [6.07, 6.45) is 5.20. The molecule has 0 radical (unpaired) electrons. The van der Waals surface area contributed by atoms with E-state index in [2.05, 4.69) is 56.4 Å². The second-order valence-corrected chi connectivity index (χ2v) is 7.61. The van der Waals surface area contributed by atoms with Crippen molar-refractivity contribution in [3.05, 3.63) is 35.9 Å². The summed E-state index contributed by atoms with van der Waals surface area (Å²) in [7, 11) is 0. The van der Waals surface area contributed by atoms with Gasteiger partial charge in [0.1, 0.15) is 0 Å². The zero-order chi connectivity index (χ0) is 14.9. The Hall–Kier alpha value is -0.860. The maximum atomic E-state index is 6.51. The molecule has 1 aromatic rings. The molecule has 4 atom stereocenters. The third-order valence-electron chi connectivity index (χ3n) is 5.07. The van der Waals surface area contributed by atoms with E-state index in [9.17, 15) is 0 Å². The van der Waals surface area contributed by atoms with Crippen LogP contribution in [0.5, 0.6) is 0 Å². The first-order valence-corrected chi connectivity index (χ1v) is 8.52. The molecule has 4 unspecified atom stereocenters. The van der Waals surface area contributed by atoms with Crippen LogP contribution in [0, 0.1) is 5.92 Å². The van der Waals surface area contributed by atoms with Crippen LogP contribution in [0.25, 0.3) is 0 Å². The highest BCUT2D eigenvalue weighted by Crippen LogP contribution is 2.38. The SMILES string of the molecule is CC(C)CC1(C)CNC2CC(c3ccccc3)CCC2O1. The number of fused-ring (bicyclic) bond motifs is 1. The highest BCUT2D eigenvalue weighted by molar-refractivity contribution is 5.21. The van der Waals surface area contributed by atoms with Crippen molar-refractivity contribution in [3.8, 4) is 0 Å². The van der Waals surface area contributed by atoms with Crippen LogP contribution in [0.4, 0.5) is 0 Å². The topological polar surface area (TPSA) is 21.3 Å². The lowest BCUT2D eigenvalue weighted by Gasteiger charge is -2.48. The molecule has 1 N–H and O–H groups in total. The van der Waals surface area contributed by atoms with Gasteiger partial charge in [-0.1, -0.05) is 44.2 Å². The van der Waals surface area contributed by atoms with Gasteiger partial charge in [0.25, 0.3) is 0 Å². The Kier molecular flexibility index (Phi) is 4.37. The third-order valence-corrected chi connectivity index (χ3v) is 5.07. The zero-order valence-corrected chi connectivity index (χ0v) is 13.6. The molecular weight excluding hydrogens is 258 g/mol. The second kappa shape index (κ2) is 6.10. The fourth-order valence-corrected chi connectivity index (χ4v) is 4.26. The minimum atomic E-state index is 0.0227. The second-order valence-electron chi connectivity index (χ2n) is 7.61. The van der Waals surface area contributed by atoms with Crippen LogP contribution in [-0.2, 0) is 4.74 Å². The minimum absolute atomic E-state index is 0.0227. The lowest BCUT2D eigenvalue weighted by Crippen LogP contribution is -2.59. The summed E-state index contributed by atoms with van der Waals surface area (Å²) >= 11 is 0. The maximum Gasteiger partial charge on any atom is 0.0785 e. The van der Waals surface area contributed by atoms with Crippen LogP contribution in [0.1, 0.15) is 57.9 Å². The zero-order valence-electron chi connectivity index (χ0n) is 13.6. The fraction of sp³-hybridized carbons (Fsp3) is 0.684. The third kappa shape index (κ3) is 3.49. The van der Waals surface area contributed by atoms with E-state index in [0.717, 1.165) is 13.0 Å². The normalized spacial score (nSPS) is 36.5. The average molecular weight is 287 g/mol. The van der Waals surface area contributed by atoms with Gasteiger partial charge in [-0.3, -0.25) is 0 Å². The van der Waals surface area contributed by atoms with Gasteiger partial charge < -0.3 is 10.1 Å². The van der Waals surface area contributed by atoms with Crippen molar-refractivity contribution in [1.29, 1.82) is 0 Å². The summed E-state index contributed by atoms with van der Waals surface area (Å²) < 4.78 is 6.51. The quantitative estimate of drug-likeness (QED) is 0.903. The first kappa shape index (κ1) is 15.1. The Morgan fingerprint density at radius 1 is 1.24 bits per heavy atom. The molecule has 2 nitrogen and oxygen atoms in total. The van der Waals surface area contributed by atoms with Gasteiger partial charge in [-0.25, -0.2) is 0 Å². The number of ether oxygens (including phenoxy) is 1. The van der Waals surface area contributed by atoms with E-state index in [4.69, 9.17) is 4.74 Å². The molecule has 2 heteroatoms. The molecule has 1 saturated heterocycles. The predicted molar refractivity (Wildman–Crippen MR) is 87.6 cm³/mol. The largest absolute Gasteiger partial charge is 0.369 e. The van der Waals surface area contributed by atoms with Crippen LogP contribution in [0.3, 0.4) is 0 Å². The Labute approximate surface area is 129 Å². The Morgan fingerprint density at radius 2 is 2.00 bits per heavy atom. The van der Waals surface area contributed by atoms with Gasteiger partial charge in [-0.2, -0.15) is 0 Å². The van der Waals surface area contributed by atoms with Gasteiger partial charge in [-0.15, -0.1) is 0 Å². The number of rotatable bonds is 3. The summed E-state index contributed by atoms with van der Waals surface area (Å²) in [6.45, 7) is 7.84. The number of benzene rings is 1. The molecule has 1 aliphatic carbocycles. The van der Waals surface area contributed by atoms with Crippen molar-refractivity contribution in [2.45, 2.75) is 70.1 Å². The molecule has 3 rings (SSSR count). The van der Waals surface area contributed by atoms with E-state index in [1.807, 2.05) is 0 Å². The summed E-state index contributed by atoms with van der Waals surface area (Å²) in [5, 5.41) is 3.79. The lowest BCUT2D eigenvalue weighted by molar-refractivity contribution is -0.145. The minimum Gasteiger partial charge on any atom is -0.369 e. The molecule has 21 heavy (non-hydrogen) atoms. The molecule has 2 aliphatic rings. The number of hydrogen-bond acceptors (Lipinski definition) is 2. The number of morpholine rings is 1. The van der Waals surface area contributed by atoms with Gasteiger partial charge in [0.05, 0.1) is 11.7 Å². The molecule has 0 spiro atoms. The monoisotopic (exact) mass is 287 g/mol. The Bertz CT molecular complexity index is 458. The van der Waals surface area contributed by atoms with Crippen molar-refractivity contribution >= 4 is 0 Å². The molecule has 1 saturated carbocycles. The first-order chi connectivity index (χ1) is 10.1.